The van der Waals surface area contributed by atoms with E-state index in [9.17, 15) is 20.1 Å². The number of rotatable bonds is 9. The molecule has 0 heterocycles. The number of benzene rings is 3. The smallest absolute Gasteiger partial charge is 0.224 e. The zero-order valence-corrected chi connectivity index (χ0v) is 19.4. The fraction of sp³-hybridized carbons (Fsp3) is 0.321. The van der Waals surface area contributed by atoms with Crippen LogP contribution in [0.1, 0.15) is 40.8 Å². The van der Waals surface area contributed by atoms with Crippen LogP contribution in [0.4, 0.5) is 0 Å². The van der Waals surface area contributed by atoms with Crippen molar-refractivity contribution in [2.24, 2.45) is 0 Å². The molecule has 34 heavy (non-hydrogen) atoms. The van der Waals surface area contributed by atoms with Crippen molar-refractivity contribution in [1.82, 2.24) is 10.6 Å². The third kappa shape index (κ3) is 6.37. The van der Waals surface area contributed by atoms with Crippen LogP contribution in [-0.4, -0.2) is 39.9 Å². The molecule has 1 aliphatic rings. The van der Waals surface area contributed by atoms with Crippen LogP contribution in [0.5, 0.6) is 11.5 Å². The molecule has 6 nitrogen and oxygen atoms in total. The first-order valence-corrected chi connectivity index (χ1v) is 11.7. The van der Waals surface area contributed by atoms with Crippen LogP contribution in [0.15, 0.2) is 66.7 Å². The van der Waals surface area contributed by atoms with Crippen molar-refractivity contribution in [2.45, 2.75) is 50.8 Å². The maximum absolute atomic E-state index is 12.6. The average Bonchev–Trinajstić information content (AvgIpc) is 3.19. The fourth-order valence-corrected chi connectivity index (χ4v) is 4.66. The first kappa shape index (κ1) is 23.8. The van der Waals surface area contributed by atoms with Gasteiger partial charge in [0.2, 0.25) is 5.91 Å². The summed E-state index contributed by atoms with van der Waals surface area (Å²) in [6, 6.07) is 20.8. The Bertz CT molecular complexity index is 1100. The lowest BCUT2D eigenvalue weighted by atomic mass is 10.0. The first-order valence-electron chi connectivity index (χ1n) is 11.7. The van der Waals surface area contributed by atoms with E-state index in [0.29, 0.717) is 12.0 Å². The number of nitrogens with one attached hydrogen (secondary N) is 2. The molecule has 4 rings (SSSR count). The number of phenolic OH excluding ortho intramolecular Hbond substituents is 2. The summed E-state index contributed by atoms with van der Waals surface area (Å²) in [5, 5.41) is 36.0. The Morgan fingerprint density at radius 3 is 2.26 bits per heavy atom. The molecular weight excluding hydrogens is 428 g/mol. The van der Waals surface area contributed by atoms with E-state index >= 15 is 0 Å². The highest BCUT2D eigenvalue weighted by atomic mass is 16.3. The van der Waals surface area contributed by atoms with Crippen LogP contribution >= 0.6 is 0 Å². The summed E-state index contributed by atoms with van der Waals surface area (Å²) >= 11 is 0. The van der Waals surface area contributed by atoms with Crippen molar-refractivity contribution in [3.05, 3.63) is 94.5 Å². The largest absolute Gasteiger partial charge is 0.508 e. The number of amides is 1. The van der Waals surface area contributed by atoms with Crippen LogP contribution in [0.25, 0.3) is 0 Å². The molecule has 3 aromatic rings. The van der Waals surface area contributed by atoms with E-state index < -0.39 is 6.10 Å². The van der Waals surface area contributed by atoms with Gasteiger partial charge in [-0.1, -0.05) is 48.5 Å². The molecular formula is C28H32N2O4. The van der Waals surface area contributed by atoms with Gasteiger partial charge in [-0.2, -0.15) is 0 Å². The SMILES string of the molecule is CC(Cc1cccc(CC(=O)NC2Cc3ccccc3C2)c1)NCC(O)c1cc(O)cc(O)c1. The molecule has 0 saturated carbocycles. The molecule has 3 aromatic carbocycles. The van der Waals surface area contributed by atoms with Gasteiger partial charge in [0.05, 0.1) is 12.5 Å². The molecule has 1 aliphatic carbocycles. The van der Waals surface area contributed by atoms with Crippen molar-refractivity contribution >= 4 is 5.91 Å². The fourth-order valence-electron chi connectivity index (χ4n) is 4.66. The van der Waals surface area contributed by atoms with Gasteiger partial charge in [-0.25, -0.2) is 0 Å². The molecule has 0 saturated heterocycles. The molecule has 2 unspecified atom stereocenters. The van der Waals surface area contributed by atoms with Crippen molar-refractivity contribution in [3.63, 3.8) is 0 Å². The monoisotopic (exact) mass is 460 g/mol. The Balaban J connectivity index is 1.25. The van der Waals surface area contributed by atoms with Gasteiger partial charge in [0.25, 0.3) is 0 Å². The molecule has 0 aromatic heterocycles. The van der Waals surface area contributed by atoms with E-state index in [1.165, 1.54) is 29.3 Å². The zero-order chi connectivity index (χ0) is 24.1. The lowest BCUT2D eigenvalue weighted by molar-refractivity contribution is -0.121. The molecule has 6 heteroatoms. The van der Waals surface area contributed by atoms with E-state index in [1.54, 1.807) is 0 Å². The van der Waals surface area contributed by atoms with E-state index in [0.717, 1.165) is 30.4 Å². The topological polar surface area (TPSA) is 102 Å². The summed E-state index contributed by atoms with van der Waals surface area (Å²) in [5.74, 6) is -0.126. The number of aromatic hydroxyl groups is 2. The van der Waals surface area contributed by atoms with Crippen LogP contribution in [0, 0.1) is 0 Å². The Labute approximate surface area is 200 Å². The lowest BCUT2D eigenvalue weighted by Crippen LogP contribution is -2.36. The average molecular weight is 461 g/mol. The number of aliphatic hydroxyl groups is 1. The minimum Gasteiger partial charge on any atom is -0.508 e. The molecule has 0 aliphatic heterocycles. The van der Waals surface area contributed by atoms with E-state index in [2.05, 4.69) is 28.8 Å². The van der Waals surface area contributed by atoms with Crippen LogP contribution in [0.3, 0.4) is 0 Å². The van der Waals surface area contributed by atoms with Crippen molar-refractivity contribution in [1.29, 1.82) is 0 Å². The second-order valence-electron chi connectivity index (χ2n) is 9.25. The highest BCUT2D eigenvalue weighted by molar-refractivity contribution is 5.79. The standard InChI is InChI=1S/C28H32N2O4/c1-18(29-17-27(33)23-14-25(31)16-26(32)15-23)9-19-5-4-6-20(10-19)11-28(34)30-24-12-21-7-2-3-8-22(21)13-24/h2-8,10,14-16,18,24,27,29,31-33H,9,11-13,17H2,1H3,(H,30,34). The summed E-state index contributed by atoms with van der Waals surface area (Å²) in [5.41, 5.74) is 5.19. The molecule has 0 fully saturated rings. The number of fused-ring (bicyclic) bond motifs is 1. The lowest BCUT2D eigenvalue weighted by Gasteiger charge is -2.18. The second-order valence-corrected chi connectivity index (χ2v) is 9.25. The molecule has 0 radical (unpaired) electrons. The molecule has 0 spiro atoms. The van der Waals surface area contributed by atoms with Gasteiger partial charge in [0.1, 0.15) is 11.5 Å². The summed E-state index contributed by atoms with van der Waals surface area (Å²) in [6.45, 7) is 2.32. The normalized spacial score (nSPS) is 15.0. The maximum atomic E-state index is 12.6. The number of aliphatic hydroxyl groups excluding tert-OH is 1. The van der Waals surface area contributed by atoms with Gasteiger partial charge in [0, 0.05) is 24.7 Å². The minimum absolute atomic E-state index is 0.0404. The number of hydrogen-bond acceptors (Lipinski definition) is 5. The van der Waals surface area contributed by atoms with Gasteiger partial charge in [-0.05, 0) is 66.1 Å². The van der Waals surface area contributed by atoms with E-state index in [4.69, 9.17) is 0 Å². The quantitative estimate of drug-likeness (QED) is 0.338. The Morgan fingerprint density at radius 2 is 1.59 bits per heavy atom. The van der Waals surface area contributed by atoms with Gasteiger partial charge < -0.3 is 26.0 Å². The second kappa shape index (κ2) is 10.7. The van der Waals surface area contributed by atoms with Gasteiger partial charge >= 0.3 is 0 Å². The predicted octanol–water partition coefficient (Wildman–Crippen LogP) is 3.18. The Morgan fingerprint density at radius 1 is 0.941 bits per heavy atom. The third-order valence-corrected chi connectivity index (χ3v) is 6.28. The molecule has 0 bridgehead atoms. The van der Waals surface area contributed by atoms with Crippen LogP contribution in [0.2, 0.25) is 0 Å². The van der Waals surface area contributed by atoms with E-state index in [-0.39, 0.29) is 36.0 Å². The molecule has 5 N–H and O–H groups in total. The number of hydrogen-bond donors (Lipinski definition) is 5. The summed E-state index contributed by atoms with van der Waals surface area (Å²) < 4.78 is 0. The number of phenols is 2. The first-order chi connectivity index (χ1) is 16.4. The van der Waals surface area contributed by atoms with Crippen LogP contribution < -0.4 is 10.6 Å². The minimum atomic E-state index is -0.850. The predicted molar refractivity (Wildman–Crippen MR) is 132 cm³/mol. The van der Waals surface area contributed by atoms with Crippen molar-refractivity contribution in [2.75, 3.05) is 6.54 Å². The third-order valence-electron chi connectivity index (χ3n) is 6.28. The maximum Gasteiger partial charge on any atom is 0.224 e. The summed E-state index contributed by atoms with van der Waals surface area (Å²) in [4.78, 5) is 12.6. The van der Waals surface area contributed by atoms with Crippen molar-refractivity contribution < 1.29 is 20.1 Å². The number of carbonyl (C=O) groups excluding carboxylic acids is 1. The molecule has 1 amide bonds. The molecule has 178 valence electrons. The van der Waals surface area contributed by atoms with Crippen molar-refractivity contribution in [3.8, 4) is 11.5 Å². The van der Waals surface area contributed by atoms with Gasteiger partial charge in [0.15, 0.2) is 0 Å². The van der Waals surface area contributed by atoms with Gasteiger partial charge in [-0.3, -0.25) is 4.79 Å². The Kier molecular flexibility index (Phi) is 7.50. The van der Waals surface area contributed by atoms with Gasteiger partial charge in [-0.15, -0.1) is 0 Å². The highest BCUT2D eigenvalue weighted by Gasteiger charge is 2.22. The highest BCUT2D eigenvalue weighted by Crippen LogP contribution is 2.25. The van der Waals surface area contributed by atoms with E-state index in [1.807, 2.05) is 37.3 Å². The zero-order valence-electron chi connectivity index (χ0n) is 19.4. The van der Waals surface area contributed by atoms with Crippen LogP contribution in [-0.2, 0) is 30.5 Å². The Hall–Kier alpha value is -3.35. The molecule has 2 atom stereocenters. The number of carbonyl (C=O) groups is 1. The summed E-state index contributed by atoms with van der Waals surface area (Å²) in [6.07, 6.45) is 2.02. The summed E-state index contributed by atoms with van der Waals surface area (Å²) in [7, 11) is 0.